The fourth-order valence-electron chi connectivity index (χ4n) is 4.11. The first-order valence-corrected chi connectivity index (χ1v) is 10.7. The molecule has 3 aromatic rings. The number of anilines is 1. The Labute approximate surface area is 182 Å². The third kappa shape index (κ3) is 4.73. The summed E-state index contributed by atoms with van der Waals surface area (Å²) in [4.78, 5) is 8.64. The molecule has 0 radical (unpaired) electrons. The lowest BCUT2D eigenvalue weighted by atomic mass is 10.0. The maximum Gasteiger partial charge on any atom is 0.146 e. The average molecular weight is 425 g/mol. The van der Waals surface area contributed by atoms with E-state index >= 15 is 0 Å². The van der Waals surface area contributed by atoms with Gasteiger partial charge in [0.2, 0.25) is 0 Å². The number of hydrogen-bond donors (Lipinski definition) is 1. The van der Waals surface area contributed by atoms with E-state index in [4.69, 9.17) is 4.74 Å². The van der Waals surface area contributed by atoms with Crippen molar-refractivity contribution in [1.29, 1.82) is 0 Å². The van der Waals surface area contributed by atoms with E-state index in [1.165, 1.54) is 11.6 Å². The van der Waals surface area contributed by atoms with Crippen molar-refractivity contribution in [1.82, 2.24) is 14.5 Å². The molecule has 0 saturated carbocycles. The van der Waals surface area contributed by atoms with Gasteiger partial charge in [-0.15, -0.1) is 0 Å². The molecule has 1 aromatic heterocycles. The highest BCUT2D eigenvalue weighted by atomic mass is 19.1. The summed E-state index contributed by atoms with van der Waals surface area (Å²) in [6, 6.07) is 13.1. The van der Waals surface area contributed by atoms with Crippen LogP contribution in [0.15, 0.2) is 54.9 Å². The zero-order valence-electron chi connectivity index (χ0n) is 18.0. The second-order valence-electron chi connectivity index (χ2n) is 7.82. The van der Waals surface area contributed by atoms with Gasteiger partial charge in [0, 0.05) is 57.7 Å². The first-order valence-electron chi connectivity index (χ1n) is 10.7. The van der Waals surface area contributed by atoms with Crippen molar-refractivity contribution >= 4 is 5.69 Å². The quantitative estimate of drug-likeness (QED) is 0.630. The zero-order valence-corrected chi connectivity index (χ0v) is 18.0. The highest BCUT2D eigenvalue weighted by molar-refractivity contribution is 5.57. The molecule has 1 N–H and O–H groups in total. The molecule has 0 amide bonds. The SMILES string of the molecule is CCOc1ccc(CN2CCN(c3c(F)cccc3[C@@H](O)c3nccn3C)CC2)cc1. The molecule has 31 heavy (non-hydrogen) atoms. The van der Waals surface area contributed by atoms with Gasteiger partial charge >= 0.3 is 0 Å². The van der Waals surface area contributed by atoms with Gasteiger partial charge in [-0.1, -0.05) is 24.3 Å². The molecule has 0 unspecified atom stereocenters. The Morgan fingerprint density at radius 3 is 2.48 bits per heavy atom. The predicted molar refractivity (Wildman–Crippen MR) is 119 cm³/mol. The standard InChI is InChI=1S/C24H29FN4O2/c1-3-31-19-9-7-18(8-10-19)17-28-13-15-29(16-14-28)22-20(5-4-6-21(22)25)23(30)24-26-11-12-27(24)2/h4-12,23,30H,3,13-17H2,1-2H3/t23-/m1/s1. The van der Waals surface area contributed by atoms with Crippen molar-refractivity contribution in [2.45, 2.75) is 19.6 Å². The summed E-state index contributed by atoms with van der Waals surface area (Å²) >= 11 is 0. The lowest BCUT2D eigenvalue weighted by Crippen LogP contribution is -2.46. The van der Waals surface area contributed by atoms with Crippen LogP contribution in [0.4, 0.5) is 10.1 Å². The molecule has 1 aliphatic heterocycles. The van der Waals surface area contributed by atoms with Crippen molar-refractivity contribution < 1.29 is 14.2 Å². The Morgan fingerprint density at radius 2 is 1.84 bits per heavy atom. The number of aromatic nitrogens is 2. The number of aliphatic hydroxyl groups excluding tert-OH is 1. The van der Waals surface area contributed by atoms with Crippen LogP contribution >= 0.6 is 0 Å². The summed E-state index contributed by atoms with van der Waals surface area (Å²) in [5, 5.41) is 10.9. The number of nitrogens with zero attached hydrogens (tertiary/aromatic N) is 4. The molecule has 1 fully saturated rings. The van der Waals surface area contributed by atoms with E-state index in [9.17, 15) is 9.50 Å². The van der Waals surface area contributed by atoms with Gasteiger partial charge < -0.3 is 19.3 Å². The largest absolute Gasteiger partial charge is 0.494 e. The van der Waals surface area contributed by atoms with E-state index in [-0.39, 0.29) is 5.82 Å². The van der Waals surface area contributed by atoms with E-state index in [1.807, 2.05) is 31.0 Å². The van der Waals surface area contributed by atoms with Gasteiger partial charge in [-0.3, -0.25) is 4.90 Å². The number of imidazole rings is 1. The zero-order chi connectivity index (χ0) is 21.8. The van der Waals surface area contributed by atoms with Crippen molar-refractivity contribution in [2.75, 3.05) is 37.7 Å². The topological polar surface area (TPSA) is 53.8 Å². The lowest BCUT2D eigenvalue weighted by molar-refractivity contribution is 0.205. The molecule has 7 heteroatoms. The monoisotopic (exact) mass is 424 g/mol. The highest BCUT2D eigenvalue weighted by Gasteiger charge is 2.26. The van der Waals surface area contributed by atoms with E-state index < -0.39 is 6.10 Å². The van der Waals surface area contributed by atoms with Crippen LogP contribution in [0.1, 0.15) is 30.0 Å². The predicted octanol–water partition coefficient (Wildman–Crippen LogP) is 3.36. The number of para-hydroxylation sites is 1. The second kappa shape index (κ2) is 9.49. The number of halogens is 1. The van der Waals surface area contributed by atoms with Crippen LogP contribution in [0.3, 0.4) is 0 Å². The van der Waals surface area contributed by atoms with Gasteiger partial charge in [0.05, 0.1) is 12.3 Å². The normalized spacial score (nSPS) is 15.8. The summed E-state index contributed by atoms with van der Waals surface area (Å²) in [5.74, 6) is 1.07. The molecule has 1 atom stereocenters. The molecule has 2 heterocycles. The first kappa shape index (κ1) is 21.3. The maximum atomic E-state index is 14.9. The molecular weight excluding hydrogens is 395 g/mol. The molecule has 0 spiro atoms. The third-order valence-corrected chi connectivity index (χ3v) is 5.74. The smallest absolute Gasteiger partial charge is 0.146 e. The van der Waals surface area contributed by atoms with Crippen molar-refractivity contribution in [2.24, 2.45) is 7.05 Å². The lowest BCUT2D eigenvalue weighted by Gasteiger charge is -2.37. The Kier molecular flexibility index (Phi) is 6.53. The van der Waals surface area contributed by atoms with Crippen LogP contribution < -0.4 is 9.64 Å². The van der Waals surface area contributed by atoms with Crippen LogP contribution in [-0.4, -0.2) is 52.3 Å². The molecule has 164 valence electrons. The van der Waals surface area contributed by atoms with E-state index in [2.05, 4.69) is 22.0 Å². The van der Waals surface area contributed by atoms with Gasteiger partial charge in [0.1, 0.15) is 23.5 Å². The van der Waals surface area contributed by atoms with Crippen LogP contribution in [0, 0.1) is 5.82 Å². The van der Waals surface area contributed by atoms with Crippen LogP contribution in [0.5, 0.6) is 5.75 Å². The molecular formula is C24H29FN4O2. The highest BCUT2D eigenvalue weighted by Crippen LogP contribution is 2.33. The molecule has 0 aliphatic carbocycles. The summed E-state index contributed by atoms with van der Waals surface area (Å²) in [7, 11) is 1.82. The fraction of sp³-hybridized carbons (Fsp3) is 0.375. The molecule has 4 rings (SSSR count). The number of hydrogen-bond acceptors (Lipinski definition) is 5. The maximum absolute atomic E-state index is 14.9. The Morgan fingerprint density at radius 1 is 1.10 bits per heavy atom. The minimum Gasteiger partial charge on any atom is -0.494 e. The molecule has 1 saturated heterocycles. The van der Waals surface area contributed by atoms with E-state index in [1.54, 1.807) is 29.1 Å². The minimum atomic E-state index is -0.979. The number of rotatable bonds is 7. The summed E-state index contributed by atoms with van der Waals surface area (Å²) in [6.07, 6.45) is 2.43. The summed E-state index contributed by atoms with van der Waals surface area (Å²) in [6.45, 7) is 6.51. The van der Waals surface area contributed by atoms with Gasteiger partial charge in [0.15, 0.2) is 0 Å². The first-order chi connectivity index (χ1) is 15.1. The number of piperazine rings is 1. The fourth-order valence-corrected chi connectivity index (χ4v) is 4.11. The molecule has 2 aromatic carbocycles. The van der Waals surface area contributed by atoms with Gasteiger partial charge in [0.25, 0.3) is 0 Å². The second-order valence-corrected chi connectivity index (χ2v) is 7.82. The number of aliphatic hydroxyl groups is 1. The molecule has 1 aliphatic rings. The van der Waals surface area contributed by atoms with Gasteiger partial charge in [-0.2, -0.15) is 0 Å². The van der Waals surface area contributed by atoms with Crippen LogP contribution in [0.25, 0.3) is 0 Å². The van der Waals surface area contributed by atoms with E-state index in [0.29, 0.717) is 36.8 Å². The summed E-state index contributed by atoms with van der Waals surface area (Å²) in [5.41, 5.74) is 2.25. The molecule has 0 bridgehead atoms. The van der Waals surface area contributed by atoms with Gasteiger partial charge in [-0.05, 0) is 30.7 Å². The Bertz CT molecular complexity index is 997. The third-order valence-electron chi connectivity index (χ3n) is 5.74. The van der Waals surface area contributed by atoms with Crippen molar-refractivity contribution in [3.05, 3.63) is 77.6 Å². The summed E-state index contributed by atoms with van der Waals surface area (Å²) < 4.78 is 22.1. The number of benzene rings is 2. The average Bonchev–Trinajstić information content (AvgIpc) is 3.21. The van der Waals surface area contributed by atoms with E-state index in [0.717, 1.165) is 25.4 Å². The van der Waals surface area contributed by atoms with Crippen LogP contribution in [-0.2, 0) is 13.6 Å². The Balaban J connectivity index is 1.44. The van der Waals surface area contributed by atoms with Crippen LogP contribution in [0.2, 0.25) is 0 Å². The Hall–Kier alpha value is -2.90. The molecule has 6 nitrogen and oxygen atoms in total. The van der Waals surface area contributed by atoms with Crippen molar-refractivity contribution in [3.8, 4) is 5.75 Å². The van der Waals surface area contributed by atoms with Crippen molar-refractivity contribution in [3.63, 3.8) is 0 Å². The minimum absolute atomic E-state index is 0.314. The van der Waals surface area contributed by atoms with Gasteiger partial charge in [-0.25, -0.2) is 9.37 Å². The number of aryl methyl sites for hydroxylation is 1. The number of ether oxygens (including phenoxy) is 1.